The summed E-state index contributed by atoms with van der Waals surface area (Å²) >= 11 is 0. The van der Waals surface area contributed by atoms with E-state index >= 15 is 0 Å². The summed E-state index contributed by atoms with van der Waals surface area (Å²) in [5, 5.41) is 5.32. The molecule has 1 aromatic carbocycles. The highest BCUT2D eigenvalue weighted by Crippen LogP contribution is 2.29. The van der Waals surface area contributed by atoms with Gasteiger partial charge in [0, 0.05) is 38.5 Å². The van der Waals surface area contributed by atoms with Crippen LogP contribution in [0.15, 0.2) is 24.3 Å². The smallest absolute Gasteiger partial charge is 0.356 e. The number of benzene rings is 1. The lowest BCUT2D eigenvalue weighted by molar-refractivity contribution is -0.137. The van der Waals surface area contributed by atoms with Crippen LogP contribution in [0.3, 0.4) is 0 Å². The van der Waals surface area contributed by atoms with Crippen molar-refractivity contribution in [2.45, 2.75) is 38.4 Å². The van der Waals surface area contributed by atoms with E-state index in [9.17, 15) is 31.2 Å². The van der Waals surface area contributed by atoms with Gasteiger partial charge in [0.25, 0.3) is 0 Å². The number of amides is 2. The van der Waals surface area contributed by atoms with Crippen molar-refractivity contribution < 1.29 is 31.2 Å². The first-order chi connectivity index (χ1) is 14.0. The second-order valence-electron chi connectivity index (χ2n) is 7.31. The molecule has 0 radical (unpaired) electrons. The molecule has 7 nitrogen and oxygen atoms in total. The van der Waals surface area contributed by atoms with Crippen molar-refractivity contribution in [2.75, 3.05) is 25.9 Å². The molecular weight excluding hydrogens is 423 g/mol. The fourth-order valence-electron chi connectivity index (χ4n) is 3.26. The molecule has 1 saturated heterocycles. The van der Waals surface area contributed by atoms with Crippen LogP contribution in [0.2, 0.25) is 0 Å². The lowest BCUT2D eigenvalue weighted by Gasteiger charge is -2.20. The van der Waals surface area contributed by atoms with Gasteiger partial charge in [-0.25, -0.2) is 12.7 Å². The summed E-state index contributed by atoms with van der Waals surface area (Å²) in [5.41, 5.74) is -0.459. The van der Waals surface area contributed by atoms with Gasteiger partial charge in [0.05, 0.1) is 11.8 Å². The van der Waals surface area contributed by atoms with Crippen molar-refractivity contribution >= 4 is 21.8 Å². The summed E-state index contributed by atoms with van der Waals surface area (Å²) in [7, 11) is -3.47. The zero-order valence-electron chi connectivity index (χ0n) is 16.7. The average Bonchev–Trinajstić information content (AvgIpc) is 2.69. The number of nitrogens with one attached hydrogen (secondary N) is 2. The van der Waals surface area contributed by atoms with E-state index in [1.807, 2.05) is 0 Å². The Morgan fingerprint density at radius 1 is 1.27 bits per heavy atom. The van der Waals surface area contributed by atoms with Crippen LogP contribution in [0.5, 0.6) is 0 Å². The molecule has 1 unspecified atom stereocenters. The Hall–Kier alpha value is -2.14. The van der Waals surface area contributed by atoms with Crippen molar-refractivity contribution in [2.24, 2.45) is 5.92 Å². The molecule has 168 valence electrons. The van der Waals surface area contributed by atoms with Gasteiger partial charge in [0.1, 0.15) is 0 Å². The van der Waals surface area contributed by atoms with E-state index in [2.05, 4.69) is 10.6 Å². The van der Waals surface area contributed by atoms with E-state index in [0.717, 1.165) is 18.4 Å². The minimum absolute atomic E-state index is 0.0411. The molecule has 0 spiro atoms. The number of alkyl halides is 3. The topological polar surface area (TPSA) is 95.6 Å². The molecule has 0 aliphatic carbocycles. The van der Waals surface area contributed by atoms with Gasteiger partial charge in [-0.2, -0.15) is 13.2 Å². The van der Waals surface area contributed by atoms with E-state index in [4.69, 9.17) is 0 Å². The number of halogens is 3. The molecule has 2 N–H and O–H groups in total. The first-order valence-corrected chi connectivity index (χ1v) is 11.5. The van der Waals surface area contributed by atoms with Gasteiger partial charge < -0.3 is 10.6 Å². The molecule has 2 amide bonds. The van der Waals surface area contributed by atoms with E-state index in [1.54, 1.807) is 0 Å². The van der Waals surface area contributed by atoms with Crippen molar-refractivity contribution in [3.63, 3.8) is 0 Å². The molecule has 1 atom stereocenters. The number of nitrogens with zero attached hydrogens (tertiary/aromatic N) is 1. The first kappa shape index (κ1) is 24.1. The van der Waals surface area contributed by atoms with Crippen LogP contribution in [0.1, 0.15) is 36.8 Å². The van der Waals surface area contributed by atoms with Crippen LogP contribution in [0.25, 0.3) is 0 Å². The summed E-state index contributed by atoms with van der Waals surface area (Å²) < 4.78 is 63.4. The Kier molecular flexibility index (Phi) is 8.25. The van der Waals surface area contributed by atoms with Crippen molar-refractivity contribution in [3.8, 4) is 0 Å². The van der Waals surface area contributed by atoms with Gasteiger partial charge in [0.2, 0.25) is 21.8 Å². The molecule has 1 heterocycles. The van der Waals surface area contributed by atoms with Gasteiger partial charge in [-0.15, -0.1) is 0 Å². The number of carbonyl (C=O) groups is 2. The number of hydrogen-bond donors (Lipinski definition) is 2. The summed E-state index contributed by atoms with van der Waals surface area (Å²) in [4.78, 5) is 24.4. The minimum Gasteiger partial charge on any atom is -0.356 e. The minimum atomic E-state index is -4.46. The average molecular weight is 449 g/mol. The molecule has 1 aliphatic rings. The van der Waals surface area contributed by atoms with Crippen molar-refractivity contribution in [3.05, 3.63) is 35.4 Å². The second kappa shape index (κ2) is 10.3. The number of rotatable bonds is 4. The Morgan fingerprint density at radius 3 is 2.67 bits per heavy atom. The van der Waals surface area contributed by atoms with Crippen LogP contribution in [0.4, 0.5) is 13.2 Å². The highest BCUT2D eigenvalue weighted by molar-refractivity contribution is 7.88. The Balaban J connectivity index is 2.00. The molecule has 11 heteroatoms. The standard InChI is InChI=1S/C19H26F3N3O4S/c1-30(28,29)25-10-3-5-15(7-9-23-17(26)8-11-25)18(27)24-13-14-4-2-6-16(12-14)19(20,21)22/h2,4,6,12,15H,3,5,7-11,13H2,1H3,(H,23,26)(H,24,27). The largest absolute Gasteiger partial charge is 0.416 e. The Bertz CT molecular complexity index is 859. The van der Waals surface area contributed by atoms with Crippen molar-refractivity contribution in [1.82, 2.24) is 14.9 Å². The van der Waals surface area contributed by atoms with Crippen LogP contribution in [-0.2, 0) is 32.3 Å². The second-order valence-corrected chi connectivity index (χ2v) is 9.29. The van der Waals surface area contributed by atoms with Gasteiger partial charge in [-0.1, -0.05) is 12.1 Å². The van der Waals surface area contributed by atoms with E-state index in [-0.39, 0.29) is 44.4 Å². The fourth-order valence-corrected chi connectivity index (χ4v) is 4.14. The maximum absolute atomic E-state index is 12.8. The molecule has 0 saturated carbocycles. The maximum atomic E-state index is 12.8. The third kappa shape index (κ3) is 7.60. The normalized spacial score (nSPS) is 20.1. The molecule has 1 fully saturated rings. The predicted octanol–water partition coefficient (Wildman–Crippen LogP) is 1.89. The monoisotopic (exact) mass is 449 g/mol. The van der Waals surface area contributed by atoms with Gasteiger partial charge in [-0.3, -0.25) is 9.59 Å². The Morgan fingerprint density at radius 2 is 2.00 bits per heavy atom. The molecule has 0 bridgehead atoms. The highest BCUT2D eigenvalue weighted by atomic mass is 32.2. The summed E-state index contributed by atoms with van der Waals surface area (Å²) in [6, 6.07) is 4.73. The Labute approximate surface area is 174 Å². The molecule has 1 aliphatic heterocycles. The van der Waals surface area contributed by atoms with Crippen LogP contribution in [0, 0.1) is 5.92 Å². The third-order valence-corrected chi connectivity index (χ3v) is 6.23. The van der Waals surface area contributed by atoms with Crippen molar-refractivity contribution in [1.29, 1.82) is 0 Å². The summed E-state index contributed by atoms with van der Waals surface area (Å²) in [6.07, 6.45) is -2.15. The molecule has 2 rings (SSSR count). The molecule has 30 heavy (non-hydrogen) atoms. The van der Waals surface area contributed by atoms with E-state index in [0.29, 0.717) is 24.8 Å². The van der Waals surface area contributed by atoms with E-state index < -0.39 is 27.7 Å². The zero-order valence-corrected chi connectivity index (χ0v) is 17.5. The lowest BCUT2D eigenvalue weighted by atomic mass is 9.98. The molecule has 1 aromatic rings. The SMILES string of the molecule is CS(=O)(=O)N1CCCC(C(=O)NCc2cccc(C(F)(F)F)c2)CCNC(=O)CC1. The fraction of sp³-hybridized carbons (Fsp3) is 0.579. The lowest BCUT2D eigenvalue weighted by Crippen LogP contribution is -2.35. The van der Waals surface area contributed by atoms with E-state index in [1.165, 1.54) is 16.4 Å². The van der Waals surface area contributed by atoms with Gasteiger partial charge in [0.15, 0.2) is 0 Å². The number of carbonyl (C=O) groups excluding carboxylic acids is 2. The van der Waals surface area contributed by atoms with Crippen LogP contribution >= 0.6 is 0 Å². The number of hydrogen-bond acceptors (Lipinski definition) is 4. The maximum Gasteiger partial charge on any atom is 0.416 e. The highest BCUT2D eigenvalue weighted by Gasteiger charge is 2.30. The summed E-state index contributed by atoms with van der Waals surface area (Å²) in [5.74, 6) is -1.13. The summed E-state index contributed by atoms with van der Waals surface area (Å²) in [6.45, 7) is 0.487. The van der Waals surface area contributed by atoms with Gasteiger partial charge in [-0.05, 0) is 37.0 Å². The quantitative estimate of drug-likeness (QED) is 0.734. The zero-order chi connectivity index (χ0) is 22.4. The first-order valence-electron chi connectivity index (χ1n) is 9.62. The number of sulfonamides is 1. The third-order valence-electron chi connectivity index (χ3n) is 4.92. The van der Waals surface area contributed by atoms with Gasteiger partial charge >= 0.3 is 6.18 Å². The predicted molar refractivity (Wildman–Crippen MR) is 105 cm³/mol. The molecule has 0 aromatic heterocycles. The van der Waals surface area contributed by atoms with Crippen LogP contribution in [-0.4, -0.2) is 50.4 Å². The molecular formula is C19H26F3N3O4S. The van der Waals surface area contributed by atoms with Crippen LogP contribution < -0.4 is 10.6 Å².